The van der Waals surface area contributed by atoms with Crippen molar-refractivity contribution in [1.29, 1.82) is 0 Å². The lowest BCUT2D eigenvalue weighted by atomic mass is 10.1. The molecular formula is C24H23ClFN5O. The van der Waals surface area contributed by atoms with Gasteiger partial charge in [-0.3, -0.25) is 0 Å². The quantitative estimate of drug-likeness (QED) is 0.398. The number of nitrogens with one attached hydrogen (secondary N) is 2. The van der Waals surface area contributed by atoms with Crippen LogP contribution in [0, 0.1) is 12.7 Å². The van der Waals surface area contributed by atoms with E-state index in [1.54, 1.807) is 6.07 Å². The van der Waals surface area contributed by atoms with Crippen molar-refractivity contribution in [2.24, 2.45) is 0 Å². The van der Waals surface area contributed by atoms with E-state index in [1.807, 2.05) is 49.5 Å². The first-order valence-corrected chi connectivity index (χ1v) is 11.0. The first-order valence-electron chi connectivity index (χ1n) is 10.6. The highest BCUT2D eigenvalue weighted by Crippen LogP contribution is 2.30. The summed E-state index contributed by atoms with van der Waals surface area (Å²) < 4.78 is 19.8. The average Bonchev–Trinajstić information content (AvgIpc) is 3.17. The normalized spacial score (nSPS) is 14.7. The van der Waals surface area contributed by atoms with Crippen LogP contribution in [0.4, 0.5) is 21.6 Å². The van der Waals surface area contributed by atoms with Crippen LogP contribution in [0.25, 0.3) is 10.9 Å². The summed E-state index contributed by atoms with van der Waals surface area (Å²) in [5.74, 6) is 1.28. The molecule has 0 radical (unpaired) electrons. The van der Waals surface area contributed by atoms with Gasteiger partial charge in [0.1, 0.15) is 17.7 Å². The molecule has 1 aliphatic heterocycles. The van der Waals surface area contributed by atoms with Crippen LogP contribution in [0.2, 0.25) is 5.02 Å². The Bertz CT molecular complexity index is 1240. The second-order valence-corrected chi connectivity index (χ2v) is 8.42. The van der Waals surface area contributed by atoms with Crippen molar-refractivity contribution in [2.75, 3.05) is 23.3 Å². The van der Waals surface area contributed by atoms with Crippen molar-refractivity contribution in [3.8, 4) is 5.75 Å². The van der Waals surface area contributed by atoms with Crippen molar-refractivity contribution in [3.05, 3.63) is 71.3 Å². The van der Waals surface area contributed by atoms with Crippen LogP contribution < -0.4 is 15.0 Å². The van der Waals surface area contributed by atoms with Gasteiger partial charge in [0.25, 0.3) is 0 Å². The fourth-order valence-electron chi connectivity index (χ4n) is 4.10. The molecule has 0 saturated carbocycles. The molecule has 8 heteroatoms. The van der Waals surface area contributed by atoms with E-state index in [1.165, 1.54) is 6.20 Å². The summed E-state index contributed by atoms with van der Waals surface area (Å²) in [4.78, 5) is 5.26. The Morgan fingerprint density at radius 1 is 1.16 bits per heavy atom. The van der Waals surface area contributed by atoms with Crippen LogP contribution in [0.15, 0.2) is 54.9 Å². The number of benzene rings is 2. The molecule has 6 nitrogen and oxygen atoms in total. The number of nitrogens with zero attached hydrogens (tertiary/aromatic N) is 3. The zero-order chi connectivity index (χ0) is 22.1. The molecular weight excluding hydrogens is 429 g/mol. The van der Waals surface area contributed by atoms with E-state index in [-0.39, 0.29) is 11.9 Å². The van der Waals surface area contributed by atoms with Gasteiger partial charge in [-0.2, -0.15) is 5.10 Å². The molecule has 0 atom stereocenters. The molecule has 3 heterocycles. The number of halogens is 2. The maximum atomic E-state index is 13.7. The number of fused-ring (bicyclic) bond motifs is 1. The number of aromatic amines is 1. The van der Waals surface area contributed by atoms with Crippen LogP contribution in [0.1, 0.15) is 18.4 Å². The molecule has 1 aliphatic rings. The number of anilines is 3. The first-order chi connectivity index (χ1) is 15.6. The number of aromatic nitrogens is 3. The van der Waals surface area contributed by atoms with Gasteiger partial charge in [-0.15, -0.1) is 5.10 Å². The molecule has 32 heavy (non-hydrogen) atoms. The minimum Gasteiger partial charge on any atom is -0.490 e. The second kappa shape index (κ2) is 8.67. The lowest BCUT2D eigenvalue weighted by Crippen LogP contribution is -2.38. The summed E-state index contributed by atoms with van der Waals surface area (Å²) in [7, 11) is 0. The molecule has 2 aromatic heterocycles. The highest BCUT2D eigenvalue weighted by atomic mass is 35.5. The standard InChI is InChI=1S/C24H23ClFN5O/c1-15-23(31-10-8-19(9-11-31)32-18-5-2-16(25)3-6-18)14-28-30-24(15)29-17-4-7-20-21(26)13-27-22(20)12-17/h2-7,12-14,19,27H,8-11H2,1H3,(H,29,30). The number of H-pyrrole nitrogens is 1. The van der Waals surface area contributed by atoms with E-state index in [4.69, 9.17) is 16.3 Å². The summed E-state index contributed by atoms with van der Waals surface area (Å²) in [6, 6.07) is 13.0. The van der Waals surface area contributed by atoms with Crippen molar-refractivity contribution in [1.82, 2.24) is 15.2 Å². The predicted octanol–water partition coefficient (Wildman–Crippen LogP) is 5.85. The van der Waals surface area contributed by atoms with Crippen LogP contribution in [-0.4, -0.2) is 34.4 Å². The minimum absolute atomic E-state index is 0.174. The van der Waals surface area contributed by atoms with E-state index in [2.05, 4.69) is 25.4 Å². The highest BCUT2D eigenvalue weighted by molar-refractivity contribution is 6.30. The predicted molar refractivity (Wildman–Crippen MR) is 126 cm³/mol. The largest absolute Gasteiger partial charge is 0.490 e. The van der Waals surface area contributed by atoms with Crippen molar-refractivity contribution < 1.29 is 9.13 Å². The zero-order valence-corrected chi connectivity index (χ0v) is 18.4. The second-order valence-electron chi connectivity index (χ2n) is 7.98. The van der Waals surface area contributed by atoms with Crippen molar-refractivity contribution >= 4 is 39.7 Å². The third-order valence-corrected chi connectivity index (χ3v) is 6.12. The van der Waals surface area contributed by atoms with E-state index in [9.17, 15) is 4.39 Å². The Hall–Kier alpha value is -3.32. The Kier molecular flexibility index (Phi) is 5.57. The van der Waals surface area contributed by atoms with Gasteiger partial charge in [0.2, 0.25) is 0 Å². The summed E-state index contributed by atoms with van der Waals surface area (Å²) in [6.07, 6.45) is 5.18. The van der Waals surface area contributed by atoms with Gasteiger partial charge in [0, 0.05) is 53.8 Å². The smallest absolute Gasteiger partial charge is 0.158 e. The lowest BCUT2D eigenvalue weighted by molar-refractivity contribution is 0.171. The lowest BCUT2D eigenvalue weighted by Gasteiger charge is -2.34. The first kappa shape index (κ1) is 20.6. The third kappa shape index (κ3) is 4.21. The molecule has 164 valence electrons. The number of hydrogen-bond donors (Lipinski definition) is 2. The molecule has 5 rings (SSSR count). The molecule has 1 fully saturated rings. The number of piperidine rings is 1. The Morgan fingerprint density at radius 2 is 1.94 bits per heavy atom. The fourth-order valence-corrected chi connectivity index (χ4v) is 4.22. The molecule has 0 bridgehead atoms. The Labute approximate surface area is 190 Å². The molecule has 4 aromatic rings. The van der Waals surface area contributed by atoms with Crippen molar-refractivity contribution in [3.63, 3.8) is 0 Å². The summed E-state index contributed by atoms with van der Waals surface area (Å²) in [6.45, 7) is 3.78. The van der Waals surface area contributed by atoms with Gasteiger partial charge in [-0.25, -0.2) is 4.39 Å². The van der Waals surface area contributed by atoms with Crippen LogP contribution in [0.5, 0.6) is 5.75 Å². The van der Waals surface area contributed by atoms with Crippen molar-refractivity contribution in [2.45, 2.75) is 25.9 Å². The van der Waals surface area contributed by atoms with Crippen LogP contribution >= 0.6 is 11.6 Å². The third-order valence-electron chi connectivity index (χ3n) is 5.87. The van der Waals surface area contributed by atoms with Crippen LogP contribution in [0.3, 0.4) is 0 Å². The number of ether oxygens (including phenoxy) is 1. The van der Waals surface area contributed by atoms with E-state index in [0.29, 0.717) is 16.2 Å². The zero-order valence-electron chi connectivity index (χ0n) is 17.6. The van der Waals surface area contributed by atoms with Gasteiger partial charge >= 0.3 is 0 Å². The maximum absolute atomic E-state index is 13.7. The van der Waals surface area contributed by atoms with E-state index in [0.717, 1.165) is 54.1 Å². The highest BCUT2D eigenvalue weighted by Gasteiger charge is 2.23. The Balaban J connectivity index is 1.26. The number of rotatable bonds is 5. The molecule has 0 aliphatic carbocycles. The minimum atomic E-state index is -0.257. The maximum Gasteiger partial charge on any atom is 0.158 e. The molecule has 0 spiro atoms. The molecule has 1 saturated heterocycles. The van der Waals surface area contributed by atoms with E-state index >= 15 is 0 Å². The molecule has 0 amide bonds. The van der Waals surface area contributed by atoms with E-state index < -0.39 is 0 Å². The van der Waals surface area contributed by atoms with Gasteiger partial charge in [-0.1, -0.05) is 11.6 Å². The van der Waals surface area contributed by atoms with Gasteiger partial charge in [0.15, 0.2) is 5.82 Å². The summed E-state index contributed by atoms with van der Waals surface area (Å²) in [5, 5.41) is 13.1. The topological polar surface area (TPSA) is 66.1 Å². The fraction of sp³-hybridized carbons (Fsp3) is 0.250. The Morgan fingerprint density at radius 3 is 2.72 bits per heavy atom. The monoisotopic (exact) mass is 451 g/mol. The molecule has 2 N–H and O–H groups in total. The molecule has 0 unspecified atom stereocenters. The average molecular weight is 452 g/mol. The summed E-state index contributed by atoms with van der Waals surface area (Å²) >= 11 is 5.95. The SMILES string of the molecule is Cc1c(N2CCC(Oc3ccc(Cl)cc3)CC2)cnnc1Nc1ccc2c(F)c[nH]c2c1. The molecule has 2 aromatic carbocycles. The van der Waals surface area contributed by atoms with Gasteiger partial charge < -0.3 is 19.9 Å². The number of hydrogen-bond acceptors (Lipinski definition) is 5. The van der Waals surface area contributed by atoms with Crippen LogP contribution in [-0.2, 0) is 0 Å². The van der Waals surface area contributed by atoms with Gasteiger partial charge in [0.05, 0.1) is 17.4 Å². The van der Waals surface area contributed by atoms with Gasteiger partial charge in [-0.05, 0) is 49.4 Å². The summed E-state index contributed by atoms with van der Waals surface area (Å²) in [5.41, 5.74) is 3.63.